The minimum absolute atomic E-state index is 0.137. The molecule has 0 aliphatic rings. The quantitative estimate of drug-likeness (QED) is 0.835. The standard InChI is InChI=1S/C14H14N2O4/c1-10-7-12(16-20-10)14(18)15-8-13(17)19-9-11-5-3-2-4-6-11/h2-7H,8-9H2,1H3,(H,15,18). The minimum Gasteiger partial charge on any atom is -0.460 e. The summed E-state index contributed by atoms with van der Waals surface area (Å²) in [5.74, 6) is -0.456. The average molecular weight is 274 g/mol. The summed E-state index contributed by atoms with van der Waals surface area (Å²) in [6.45, 7) is 1.65. The fourth-order valence-corrected chi connectivity index (χ4v) is 1.51. The Morgan fingerprint density at radius 1 is 1.30 bits per heavy atom. The van der Waals surface area contributed by atoms with Gasteiger partial charge in [-0.25, -0.2) is 0 Å². The molecule has 0 radical (unpaired) electrons. The zero-order chi connectivity index (χ0) is 14.4. The highest BCUT2D eigenvalue weighted by atomic mass is 16.5. The average Bonchev–Trinajstić information content (AvgIpc) is 2.90. The summed E-state index contributed by atoms with van der Waals surface area (Å²) in [5, 5.41) is 5.96. The van der Waals surface area contributed by atoms with Crippen molar-refractivity contribution in [1.29, 1.82) is 0 Å². The summed E-state index contributed by atoms with van der Waals surface area (Å²) in [6, 6.07) is 10.8. The van der Waals surface area contributed by atoms with Crippen molar-refractivity contribution in [2.75, 3.05) is 6.54 Å². The van der Waals surface area contributed by atoms with Crippen LogP contribution >= 0.6 is 0 Å². The van der Waals surface area contributed by atoms with Gasteiger partial charge in [-0.1, -0.05) is 35.5 Å². The molecule has 1 aromatic carbocycles. The summed E-state index contributed by atoms with van der Waals surface area (Å²) >= 11 is 0. The van der Waals surface area contributed by atoms with Crippen LogP contribution in [-0.4, -0.2) is 23.6 Å². The van der Waals surface area contributed by atoms with E-state index in [-0.39, 0.29) is 18.8 Å². The second-order valence-electron chi connectivity index (χ2n) is 4.15. The summed E-state index contributed by atoms with van der Waals surface area (Å²) in [4.78, 5) is 23.1. The van der Waals surface area contributed by atoms with Gasteiger partial charge in [-0.3, -0.25) is 9.59 Å². The third kappa shape index (κ3) is 3.94. The van der Waals surface area contributed by atoms with E-state index in [4.69, 9.17) is 9.26 Å². The normalized spacial score (nSPS) is 10.1. The highest BCUT2D eigenvalue weighted by Gasteiger charge is 2.12. The molecule has 2 rings (SSSR count). The molecule has 0 saturated carbocycles. The first-order valence-corrected chi connectivity index (χ1v) is 6.06. The largest absolute Gasteiger partial charge is 0.460 e. The van der Waals surface area contributed by atoms with Gasteiger partial charge in [0.1, 0.15) is 18.9 Å². The highest BCUT2D eigenvalue weighted by Crippen LogP contribution is 2.02. The van der Waals surface area contributed by atoms with Crippen LogP contribution in [0.5, 0.6) is 0 Å². The van der Waals surface area contributed by atoms with Gasteiger partial charge >= 0.3 is 5.97 Å². The molecule has 0 unspecified atom stereocenters. The van der Waals surface area contributed by atoms with Crippen LogP contribution in [0, 0.1) is 6.92 Å². The second kappa shape index (κ2) is 6.51. The predicted octanol–water partition coefficient (Wildman–Crippen LogP) is 1.46. The maximum Gasteiger partial charge on any atom is 0.325 e. The van der Waals surface area contributed by atoms with E-state index in [2.05, 4.69) is 10.5 Å². The number of rotatable bonds is 5. The molecule has 0 aliphatic heterocycles. The van der Waals surface area contributed by atoms with Gasteiger partial charge in [-0.2, -0.15) is 0 Å². The van der Waals surface area contributed by atoms with Crippen LogP contribution < -0.4 is 5.32 Å². The Kier molecular flexibility index (Phi) is 4.49. The van der Waals surface area contributed by atoms with Gasteiger partial charge in [-0.15, -0.1) is 0 Å². The summed E-state index contributed by atoms with van der Waals surface area (Å²) in [7, 11) is 0. The smallest absolute Gasteiger partial charge is 0.325 e. The van der Waals surface area contributed by atoms with Crippen LogP contribution in [0.4, 0.5) is 0 Å². The van der Waals surface area contributed by atoms with Crippen LogP contribution in [-0.2, 0) is 16.1 Å². The van der Waals surface area contributed by atoms with Crippen molar-refractivity contribution in [1.82, 2.24) is 10.5 Å². The second-order valence-corrected chi connectivity index (χ2v) is 4.15. The number of ether oxygens (including phenoxy) is 1. The zero-order valence-electron chi connectivity index (χ0n) is 11.0. The third-order valence-electron chi connectivity index (χ3n) is 2.50. The fourth-order valence-electron chi connectivity index (χ4n) is 1.51. The van der Waals surface area contributed by atoms with E-state index in [1.807, 2.05) is 30.3 Å². The molecular weight excluding hydrogens is 260 g/mol. The number of amides is 1. The molecule has 2 aromatic rings. The van der Waals surface area contributed by atoms with Crippen LogP contribution in [0.15, 0.2) is 40.9 Å². The Morgan fingerprint density at radius 3 is 2.70 bits per heavy atom. The molecule has 0 atom stereocenters. The molecule has 1 heterocycles. The summed E-state index contributed by atoms with van der Waals surface area (Å²) < 4.78 is 9.79. The highest BCUT2D eigenvalue weighted by molar-refractivity contribution is 5.94. The van der Waals surface area contributed by atoms with Gasteiger partial charge in [0, 0.05) is 6.07 Å². The summed E-state index contributed by atoms with van der Waals surface area (Å²) in [6.07, 6.45) is 0. The van der Waals surface area contributed by atoms with Gasteiger partial charge in [-0.05, 0) is 12.5 Å². The molecule has 1 aromatic heterocycles. The lowest BCUT2D eigenvalue weighted by molar-refractivity contribution is -0.143. The molecular formula is C14H14N2O4. The van der Waals surface area contributed by atoms with Crippen LogP contribution in [0.2, 0.25) is 0 Å². The van der Waals surface area contributed by atoms with E-state index in [9.17, 15) is 9.59 Å². The van der Waals surface area contributed by atoms with Crippen LogP contribution in [0.25, 0.3) is 0 Å². The zero-order valence-corrected chi connectivity index (χ0v) is 11.0. The number of carbonyl (C=O) groups excluding carboxylic acids is 2. The molecule has 20 heavy (non-hydrogen) atoms. The number of hydrogen-bond donors (Lipinski definition) is 1. The van der Waals surface area contributed by atoms with Crippen LogP contribution in [0.1, 0.15) is 21.8 Å². The Labute approximate surface area is 115 Å². The number of carbonyl (C=O) groups is 2. The molecule has 1 amide bonds. The first-order chi connectivity index (χ1) is 9.65. The van der Waals surface area contributed by atoms with Crippen molar-refractivity contribution in [3.05, 3.63) is 53.4 Å². The minimum atomic E-state index is -0.512. The number of nitrogens with one attached hydrogen (secondary N) is 1. The lowest BCUT2D eigenvalue weighted by Crippen LogP contribution is -2.30. The Balaban J connectivity index is 1.74. The molecule has 104 valence electrons. The first kappa shape index (κ1) is 13.8. The molecule has 1 N–H and O–H groups in total. The van der Waals surface area contributed by atoms with E-state index >= 15 is 0 Å². The Hall–Kier alpha value is -2.63. The molecule has 0 bridgehead atoms. The molecule has 0 aliphatic carbocycles. The Morgan fingerprint density at radius 2 is 2.05 bits per heavy atom. The number of aromatic nitrogens is 1. The topological polar surface area (TPSA) is 81.4 Å². The van der Waals surface area contributed by atoms with Gasteiger partial charge in [0.05, 0.1) is 0 Å². The van der Waals surface area contributed by atoms with E-state index in [0.717, 1.165) is 5.56 Å². The SMILES string of the molecule is Cc1cc(C(=O)NCC(=O)OCc2ccccc2)no1. The van der Waals surface area contributed by atoms with Crippen molar-refractivity contribution in [2.24, 2.45) is 0 Å². The lowest BCUT2D eigenvalue weighted by atomic mass is 10.2. The number of nitrogens with zero attached hydrogens (tertiary/aromatic N) is 1. The monoisotopic (exact) mass is 274 g/mol. The number of aryl methyl sites for hydroxylation is 1. The van der Waals surface area contributed by atoms with Crippen molar-refractivity contribution in [3.63, 3.8) is 0 Å². The fraction of sp³-hybridized carbons (Fsp3) is 0.214. The summed E-state index contributed by atoms with van der Waals surface area (Å²) in [5.41, 5.74) is 1.03. The van der Waals surface area contributed by atoms with Gasteiger partial charge in [0.15, 0.2) is 5.69 Å². The molecule has 0 fully saturated rings. The van der Waals surface area contributed by atoms with Crippen molar-refractivity contribution >= 4 is 11.9 Å². The van der Waals surface area contributed by atoms with Crippen molar-refractivity contribution in [2.45, 2.75) is 13.5 Å². The van der Waals surface area contributed by atoms with Crippen LogP contribution in [0.3, 0.4) is 0 Å². The van der Waals surface area contributed by atoms with E-state index < -0.39 is 11.9 Å². The molecule has 6 nitrogen and oxygen atoms in total. The van der Waals surface area contributed by atoms with E-state index in [0.29, 0.717) is 5.76 Å². The predicted molar refractivity (Wildman–Crippen MR) is 69.8 cm³/mol. The van der Waals surface area contributed by atoms with E-state index in [1.165, 1.54) is 6.07 Å². The number of hydrogen-bond acceptors (Lipinski definition) is 5. The van der Waals surface area contributed by atoms with Gasteiger partial charge in [0.25, 0.3) is 5.91 Å². The van der Waals surface area contributed by atoms with Gasteiger partial charge in [0.2, 0.25) is 0 Å². The maximum atomic E-state index is 11.6. The lowest BCUT2D eigenvalue weighted by Gasteiger charge is -2.05. The van der Waals surface area contributed by atoms with Gasteiger partial charge < -0.3 is 14.6 Å². The number of benzene rings is 1. The first-order valence-electron chi connectivity index (χ1n) is 6.06. The van der Waals surface area contributed by atoms with E-state index in [1.54, 1.807) is 6.92 Å². The maximum absolute atomic E-state index is 11.6. The molecule has 0 saturated heterocycles. The Bertz CT molecular complexity index is 592. The molecule has 6 heteroatoms. The third-order valence-corrected chi connectivity index (χ3v) is 2.50. The molecule has 0 spiro atoms. The van der Waals surface area contributed by atoms with Crippen molar-refractivity contribution < 1.29 is 18.8 Å². The van der Waals surface area contributed by atoms with Crippen molar-refractivity contribution in [3.8, 4) is 0 Å². The number of esters is 1.